The highest BCUT2D eigenvalue weighted by Gasteiger charge is 2.78. The fraction of sp³-hybridized carbons (Fsp3) is 0.543. The lowest BCUT2D eigenvalue weighted by atomic mass is 9.37. The maximum atomic E-state index is 14.2. The fourth-order valence-electron chi connectivity index (χ4n) is 7.31. The number of benzene rings is 2. The molecule has 3 N–H and O–H groups in total. The van der Waals surface area contributed by atoms with Crippen LogP contribution in [0.25, 0.3) is 0 Å². The molecule has 1 spiro atoms. The SMILES string of the molecule is CC(C)(C)OC(=O)C[C@H](NC(=O)C1CC2N(C(=O)C(=O)Nc3ccccc3C(C)(C)C)C3CCC132)C(O)COc1c(F)c(F)cc(F)c1F. The van der Waals surface area contributed by atoms with E-state index in [1.54, 1.807) is 32.9 Å². The molecule has 0 bridgehead atoms. The number of carbonyl (C=O) groups is 4. The second-order valence-electron chi connectivity index (χ2n) is 15.0. The van der Waals surface area contributed by atoms with Crippen LogP contribution in [0.3, 0.4) is 0 Å². The highest BCUT2D eigenvalue weighted by Crippen LogP contribution is 2.71. The Morgan fingerprint density at radius 2 is 1.63 bits per heavy atom. The molecule has 2 aromatic carbocycles. The van der Waals surface area contributed by atoms with E-state index in [4.69, 9.17) is 9.47 Å². The molecule has 5 rings (SSSR count). The molecule has 3 amide bonds. The van der Waals surface area contributed by atoms with Gasteiger partial charge in [0.1, 0.15) is 18.3 Å². The van der Waals surface area contributed by atoms with Gasteiger partial charge in [-0.1, -0.05) is 39.0 Å². The van der Waals surface area contributed by atoms with Gasteiger partial charge in [-0.05, 0) is 57.1 Å². The molecule has 6 atom stereocenters. The average molecular weight is 692 g/mol. The minimum atomic E-state index is -1.81. The van der Waals surface area contributed by atoms with Crippen molar-refractivity contribution < 1.29 is 51.3 Å². The summed E-state index contributed by atoms with van der Waals surface area (Å²) in [5.41, 5.74) is -0.379. The van der Waals surface area contributed by atoms with Crippen molar-refractivity contribution >= 4 is 29.4 Å². The number of piperidine rings is 2. The zero-order valence-corrected chi connectivity index (χ0v) is 28.2. The molecule has 0 aromatic heterocycles. The van der Waals surface area contributed by atoms with Gasteiger partial charge < -0.3 is 30.1 Å². The molecular weight excluding hydrogens is 650 g/mol. The number of halogens is 4. The summed E-state index contributed by atoms with van der Waals surface area (Å²) in [6, 6.07) is 5.14. The van der Waals surface area contributed by atoms with Gasteiger partial charge in [0, 0.05) is 35.2 Å². The molecule has 10 nitrogen and oxygen atoms in total. The number of aliphatic hydroxyl groups excluding tert-OH is 1. The van der Waals surface area contributed by atoms with E-state index in [0.717, 1.165) is 5.56 Å². The summed E-state index contributed by atoms with van der Waals surface area (Å²) in [7, 11) is 0. The van der Waals surface area contributed by atoms with Crippen molar-refractivity contribution in [1.82, 2.24) is 10.2 Å². The predicted octanol–water partition coefficient (Wildman–Crippen LogP) is 4.52. The van der Waals surface area contributed by atoms with E-state index in [2.05, 4.69) is 10.6 Å². The number of likely N-dealkylation sites (tertiary alicyclic amines) is 1. The molecule has 2 aliphatic carbocycles. The largest absolute Gasteiger partial charge is 0.485 e. The molecule has 3 aliphatic rings. The third-order valence-electron chi connectivity index (χ3n) is 9.67. The van der Waals surface area contributed by atoms with Crippen LogP contribution in [0, 0.1) is 34.6 Å². The van der Waals surface area contributed by atoms with Gasteiger partial charge in [-0.15, -0.1) is 0 Å². The Morgan fingerprint density at radius 1 is 1.00 bits per heavy atom. The van der Waals surface area contributed by atoms with E-state index in [9.17, 15) is 41.8 Å². The fourth-order valence-corrected chi connectivity index (χ4v) is 7.31. The maximum Gasteiger partial charge on any atom is 0.313 e. The number of ether oxygens (including phenoxy) is 2. The Kier molecular flexibility index (Phi) is 9.52. The summed E-state index contributed by atoms with van der Waals surface area (Å²) < 4.78 is 65.9. The van der Waals surface area contributed by atoms with Crippen LogP contribution in [0.2, 0.25) is 0 Å². The lowest BCUT2D eigenvalue weighted by Gasteiger charge is -2.78. The normalized spacial score (nSPS) is 23.7. The molecule has 2 saturated carbocycles. The second-order valence-corrected chi connectivity index (χ2v) is 15.0. The molecule has 1 aliphatic heterocycles. The molecule has 5 unspecified atom stereocenters. The van der Waals surface area contributed by atoms with Gasteiger partial charge >= 0.3 is 17.8 Å². The van der Waals surface area contributed by atoms with Crippen LogP contribution < -0.4 is 15.4 Å². The van der Waals surface area contributed by atoms with E-state index in [-0.39, 0.29) is 30.0 Å². The molecule has 49 heavy (non-hydrogen) atoms. The summed E-state index contributed by atoms with van der Waals surface area (Å²) in [5.74, 6) is -11.9. The molecule has 1 heterocycles. The molecule has 3 fully saturated rings. The van der Waals surface area contributed by atoms with Crippen LogP contribution >= 0.6 is 0 Å². The minimum Gasteiger partial charge on any atom is -0.485 e. The predicted molar refractivity (Wildman–Crippen MR) is 168 cm³/mol. The smallest absolute Gasteiger partial charge is 0.313 e. The molecule has 0 radical (unpaired) electrons. The van der Waals surface area contributed by atoms with Crippen LogP contribution in [0.5, 0.6) is 5.75 Å². The van der Waals surface area contributed by atoms with Crippen molar-refractivity contribution in [1.29, 1.82) is 0 Å². The van der Waals surface area contributed by atoms with Crippen LogP contribution in [0.4, 0.5) is 23.2 Å². The first-order valence-electron chi connectivity index (χ1n) is 16.2. The lowest BCUT2D eigenvalue weighted by molar-refractivity contribution is -0.282. The number of nitrogens with zero attached hydrogens (tertiary/aromatic N) is 1. The quantitative estimate of drug-likeness (QED) is 0.153. The summed E-state index contributed by atoms with van der Waals surface area (Å²) in [6.07, 6.45) is -0.915. The number of amides is 3. The van der Waals surface area contributed by atoms with Gasteiger partial charge in [0.05, 0.1) is 12.5 Å². The highest BCUT2D eigenvalue weighted by molar-refractivity contribution is 6.40. The first-order chi connectivity index (χ1) is 22.8. The number of rotatable bonds is 9. The number of hydrogen-bond donors (Lipinski definition) is 3. The second kappa shape index (κ2) is 12.9. The van der Waals surface area contributed by atoms with E-state index in [1.165, 1.54) is 4.90 Å². The van der Waals surface area contributed by atoms with Crippen LogP contribution in [-0.4, -0.2) is 70.1 Å². The van der Waals surface area contributed by atoms with Crippen molar-refractivity contribution in [3.05, 3.63) is 59.2 Å². The Morgan fingerprint density at radius 3 is 2.18 bits per heavy atom. The van der Waals surface area contributed by atoms with Crippen molar-refractivity contribution in [2.45, 2.75) is 102 Å². The number of anilines is 1. The number of esters is 1. The zero-order chi connectivity index (χ0) is 36.2. The van der Waals surface area contributed by atoms with E-state index < -0.39 is 94.8 Å². The Balaban J connectivity index is 1.26. The van der Waals surface area contributed by atoms with Gasteiger partial charge in [0.25, 0.3) is 0 Å². The number of para-hydroxylation sites is 1. The van der Waals surface area contributed by atoms with Gasteiger partial charge in [0.2, 0.25) is 17.5 Å². The third-order valence-corrected chi connectivity index (χ3v) is 9.67. The monoisotopic (exact) mass is 691 g/mol. The maximum absolute atomic E-state index is 14.2. The van der Waals surface area contributed by atoms with Crippen molar-refractivity contribution in [3.63, 3.8) is 0 Å². The Labute approximate surface area is 281 Å². The van der Waals surface area contributed by atoms with Crippen molar-refractivity contribution in [2.75, 3.05) is 11.9 Å². The van der Waals surface area contributed by atoms with Gasteiger partial charge in [-0.25, -0.2) is 8.78 Å². The zero-order valence-electron chi connectivity index (χ0n) is 28.2. The van der Waals surface area contributed by atoms with Gasteiger partial charge in [-0.2, -0.15) is 8.78 Å². The molecule has 14 heteroatoms. The first kappa shape index (κ1) is 36.1. The Bertz CT molecular complexity index is 1640. The third kappa shape index (κ3) is 6.71. The van der Waals surface area contributed by atoms with Crippen LogP contribution in [0.15, 0.2) is 30.3 Å². The average Bonchev–Trinajstić information content (AvgIpc) is 2.96. The van der Waals surface area contributed by atoms with Crippen molar-refractivity contribution in [3.8, 4) is 5.75 Å². The number of nitrogens with one attached hydrogen (secondary N) is 2. The minimum absolute atomic E-state index is 0.00612. The number of hydrogen-bond acceptors (Lipinski definition) is 7. The summed E-state index contributed by atoms with van der Waals surface area (Å²) in [4.78, 5) is 54.3. The summed E-state index contributed by atoms with van der Waals surface area (Å²) >= 11 is 0. The van der Waals surface area contributed by atoms with E-state index in [1.807, 2.05) is 32.9 Å². The lowest BCUT2D eigenvalue weighted by Crippen LogP contribution is -2.88. The summed E-state index contributed by atoms with van der Waals surface area (Å²) in [6.45, 7) is 9.87. The van der Waals surface area contributed by atoms with Gasteiger partial charge in [0.15, 0.2) is 17.4 Å². The van der Waals surface area contributed by atoms with E-state index >= 15 is 0 Å². The molecule has 1 saturated heterocycles. The molecule has 2 aromatic rings. The molecule has 266 valence electrons. The first-order valence-corrected chi connectivity index (χ1v) is 16.2. The highest BCUT2D eigenvalue weighted by atomic mass is 19.2. The van der Waals surface area contributed by atoms with Crippen molar-refractivity contribution in [2.24, 2.45) is 11.3 Å². The van der Waals surface area contributed by atoms with Gasteiger partial charge in [-0.3, -0.25) is 19.2 Å². The van der Waals surface area contributed by atoms with Crippen LogP contribution in [0.1, 0.15) is 72.8 Å². The van der Waals surface area contributed by atoms with Crippen LogP contribution in [-0.2, 0) is 29.3 Å². The topological polar surface area (TPSA) is 134 Å². The summed E-state index contributed by atoms with van der Waals surface area (Å²) in [5, 5.41) is 16.3. The Hall–Kier alpha value is -4.20. The number of aliphatic hydroxyl groups is 1. The standard InChI is InChI=1S/C35H41F4N3O7/c1-33(2,3)17-9-7-8-10-21(17)40-31(46)32(47)42-24-11-12-35(24)18(13-25(35)42)30(45)41-22(15-26(44)49-34(4,5)6)23(43)16-48-29-27(38)19(36)14-20(37)28(29)39/h7-10,14,18,22-25,43H,11-13,15-16H2,1-6H3,(H,40,46)(H,41,45)/t18?,22-,23?,24?,25?,35?/m0/s1. The van der Waals surface area contributed by atoms with E-state index in [0.29, 0.717) is 18.5 Å². The molecular formula is C35H41F4N3O7. The number of carbonyl (C=O) groups excluding carboxylic acids is 4.